The highest BCUT2D eigenvalue weighted by molar-refractivity contribution is 7.99. The number of carbonyl (C=O) groups is 2. The highest BCUT2D eigenvalue weighted by Crippen LogP contribution is 2.29. The van der Waals surface area contributed by atoms with Crippen LogP contribution in [0.2, 0.25) is 0 Å². The first-order valence-electron chi connectivity index (χ1n) is 10.4. The predicted molar refractivity (Wildman–Crippen MR) is 130 cm³/mol. The number of hydrogen-bond acceptors (Lipinski definition) is 7. The molecule has 1 aromatic heterocycles. The number of esters is 1. The van der Waals surface area contributed by atoms with Gasteiger partial charge >= 0.3 is 5.97 Å². The standard InChI is InChI=1S/C25H22N4O4S/c1-32-21-10-6-7-18(15-21)23-27-28-25(29(23)20-8-4-3-5-9-20)34-16-22(30)26-19-13-11-17(12-14-19)24(31)33-2/h3-15H,16H2,1-2H3,(H,26,30). The molecule has 1 N–H and O–H groups in total. The molecule has 1 amide bonds. The molecule has 0 atom stereocenters. The molecular formula is C25H22N4O4S. The van der Waals surface area contributed by atoms with E-state index in [4.69, 9.17) is 4.74 Å². The Bertz CT molecular complexity index is 1290. The minimum Gasteiger partial charge on any atom is -0.497 e. The Morgan fingerprint density at radius 3 is 2.41 bits per heavy atom. The molecule has 0 unspecified atom stereocenters. The third kappa shape index (κ3) is 5.26. The second kappa shape index (κ2) is 10.7. The van der Waals surface area contributed by atoms with Crippen molar-refractivity contribution in [3.05, 3.63) is 84.4 Å². The zero-order valence-corrected chi connectivity index (χ0v) is 19.4. The maximum absolute atomic E-state index is 12.6. The predicted octanol–water partition coefficient (Wildman–Crippen LogP) is 4.46. The minimum atomic E-state index is -0.430. The summed E-state index contributed by atoms with van der Waals surface area (Å²) in [6.07, 6.45) is 0. The van der Waals surface area contributed by atoms with Crippen LogP contribution in [-0.2, 0) is 9.53 Å². The summed E-state index contributed by atoms with van der Waals surface area (Å²) < 4.78 is 12.0. The van der Waals surface area contributed by atoms with Gasteiger partial charge in [-0.3, -0.25) is 9.36 Å². The summed E-state index contributed by atoms with van der Waals surface area (Å²) in [6.45, 7) is 0. The van der Waals surface area contributed by atoms with Gasteiger partial charge in [-0.2, -0.15) is 0 Å². The van der Waals surface area contributed by atoms with Crippen LogP contribution >= 0.6 is 11.8 Å². The fourth-order valence-electron chi connectivity index (χ4n) is 3.26. The highest BCUT2D eigenvalue weighted by atomic mass is 32.2. The summed E-state index contributed by atoms with van der Waals surface area (Å²) in [6, 6.07) is 23.8. The molecule has 0 aliphatic carbocycles. The molecule has 9 heteroatoms. The van der Waals surface area contributed by atoms with Crippen molar-refractivity contribution in [1.82, 2.24) is 14.8 Å². The van der Waals surface area contributed by atoms with Gasteiger partial charge in [-0.05, 0) is 48.5 Å². The Morgan fingerprint density at radius 1 is 0.941 bits per heavy atom. The molecule has 0 saturated carbocycles. The SMILES string of the molecule is COC(=O)c1ccc(NC(=O)CSc2nnc(-c3cccc(OC)c3)n2-c2ccccc2)cc1. The number of anilines is 1. The van der Waals surface area contributed by atoms with E-state index >= 15 is 0 Å². The van der Waals surface area contributed by atoms with Crippen molar-refractivity contribution in [2.24, 2.45) is 0 Å². The van der Waals surface area contributed by atoms with E-state index in [2.05, 4.69) is 20.3 Å². The summed E-state index contributed by atoms with van der Waals surface area (Å²) in [4.78, 5) is 24.1. The number of para-hydroxylation sites is 1. The van der Waals surface area contributed by atoms with Crippen molar-refractivity contribution in [3.8, 4) is 22.8 Å². The summed E-state index contributed by atoms with van der Waals surface area (Å²) in [7, 11) is 2.94. The zero-order chi connectivity index (χ0) is 23.9. The molecule has 1 heterocycles. The van der Waals surface area contributed by atoms with E-state index < -0.39 is 5.97 Å². The van der Waals surface area contributed by atoms with E-state index in [0.29, 0.717) is 28.0 Å². The number of benzene rings is 3. The van der Waals surface area contributed by atoms with Gasteiger partial charge in [-0.25, -0.2) is 4.79 Å². The van der Waals surface area contributed by atoms with Crippen LogP contribution in [-0.4, -0.2) is 46.6 Å². The van der Waals surface area contributed by atoms with Crippen LogP contribution in [0.1, 0.15) is 10.4 Å². The number of nitrogens with zero attached hydrogens (tertiary/aromatic N) is 3. The van der Waals surface area contributed by atoms with Crippen LogP contribution in [0, 0.1) is 0 Å². The summed E-state index contributed by atoms with van der Waals surface area (Å²) in [5.74, 6) is 0.849. The molecule has 0 saturated heterocycles. The molecule has 34 heavy (non-hydrogen) atoms. The van der Waals surface area contributed by atoms with E-state index in [1.807, 2.05) is 59.2 Å². The van der Waals surface area contributed by atoms with Crippen LogP contribution in [0.5, 0.6) is 5.75 Å². The van der Waals surface area contributed by atoms with Crippen molar-refractivity contribution in [2.75, 3.05) is 25.3 Å². The van der Waals surface area contributed by atoms with Gasteiger partial charge in [0.1, 0.15) is 5.75 Å². The van der Waals surface area contributed by atoms with Gasteiger partial charge in [0.05, 0.1) is 25.5 Å². The topological polar surface area (TPSA) is 95.3 Å². The molecule has 8 nitrogen and oxygen atoms in total. The molecule has 0 radical (unpaired) electrons. The van der Waals surface area contributed by atoms with Gasteiger partial charge in [0.15, 0.2) is 11.0 Å². The lowest BCUT2D eigenvalue weighted by Gasteiger charge is -2.11. The molecule has 0 fully saturated rings. The molecular weight excluding hydrogens is 452 g/mol. The Balaban J connectivity index is 1.53. The first-order valence-corrected chi connectivity index (χ1v) is 11.3. The first-order chi connectivity index (χ1) is 16.6. The van der Waals surface area contributed by atoms with Crippen LogP contribution < -0.4 is 10.1 Å². The third-order valence-electron chi connectivity index (χ3n) is 4.90. The van der Waals surface area contributed by atoms with Crippen molar-refractivity contribution in [1.29, 1.82) is 0 Å². The van der Waals surface area contributed by atoms with Crippen molar-refractivity contribution in [2.45, 2.75) is 5.16 Å². The van der Waals surface area contributed by atoms with Crippen molar-refractivity contribution >= 4 is 29.3 Å². The smallest absolute Gasteiger partial charge is 0.337 e. The lowest BCUT2D eigenvalue weighted by Crippen LogP contribution is -2.14. The van der Waals surface area contributed by atoms with E-state index in [0.717, 1.165) is 11.3 Å². The van der Waals surface area contributed by atoms with E-state index in [1.54, 1.807) is 31.4 Å². The Morgan fingerprint density at radius 2 is 1.71 bits per heavy atom. The van der Waals surface area contributed by atoms with Crippen LogP contribution in [0.4, 0.5) is 5.69 Å². The van der Waals surface area contributed by atoms with Gasteiger partial charge in [0, 0.05) is 16.9 Å². The maximum atomic E-state index is 12.6. The molecule has 0 bridgehead atoms. The number of aromatic nitrogens is 3. The molecule has 172 valence electrons. The number of amides is 1. The Labute approximate surface area is 200 Å². The van der Waals surface area contributed by atoms with Gasteiger partial charge in [0.25, 0.3) is 0 Å². The number of ether oxygens (including phenoxy) is 2. The van der Waals surface area contributed by atoms with Crippen molar-refractivity contribution < 1.29 is 19.1 Å². The van der Waals surface area contributed by atoms with E-state index in [9.17, 15) is 9.59 Å². The summed E-state index contributed by atoms with van der Waals surface area (Å²) in [5, 5.41) is 12.1. The average Bonchev–Trinajstić information content (AvgIpc) is 3.32. The normalized spacial score (nSPS) is 10.5. The molecule has 0 aliphatic heterocycles. The third-order valence-corrected chi connectivity index (χ3v) is 5.83. The molecule has 4 rings (SSSR count). The number of carbonyl (C=O) groups excluding carboxylic acids is 2. The van der Waals surface area contributed by atoms with Crippen LogP contribution in [0.3, 0.4) is 0 Å². The lowest BCUT2D eigenvalue weighted by molar-refractivity contribution is -0.113. The van der Waals surface area contributed by atoms with Gasteiger partial charge in [-0.1, -0.05) is 42.1 Å². The Kier molecular flexibility index (Phi) is 7.24. The largest absolute Gasteiger partial charge is 0.497 e. The van der Waals surface area contributed by atoms with Crippen LogP contribution in [0.15, 0.2) is 84.0 Å². The second-order valence-electron chi connectivity index (χ2n) is 7.11. The fraction of sp³-hybridized carbons (Fsp3) is 0.120. The van der Waals surface area contributed by atoms with E-state index in [-0.39, 0.29) is 11.7 Å². The Hall–Kier alpha value is -4.11. The van der Waals surface area contributed by atoms with Gasteiger partial charge in [-0.15, -0.1) is 10.2 Å². The second-order valence-corrected chi connectivity index (χ2v) is 8.06. The number of hydrogen-bond donors (Lipinski definition) is 1. The molecule has 0 spiro atoms. The fourth-order valence-corrected chi connectivity index (χ4v) is 4.01. The average molecular weight is 475 g/mol. The van der Waals surface area contributed by atoms with E-state index in [1.165, 1.54) is 18.9 Å². The van der Waals surface area contributed by atoms with Crippen molar-refractivity contribution in [3.63, 3.8) is 0 Å². The van der Waals surface area contributed by atoms with Gasteiger partial charge < -0.3 is 14.8 Å². The minimum absolute atomic E-state index is 0.127. The maximum Gasteiger partial charge on any atom is 0.337 e. The molecule has 3 aromatic carbocycles. The first kappa shape index (κ1) is 23.1. The number of rotatable bonds is 8. The quantitative estimate of drug-likeness (QED) is 0.298. The highest BCUT2D eigenvalue weighted by Gasteiger charge is 2.18. The zero-order valence-electron chi connectivity index (χ0n) is 18.6. The molecule has 4 aromatic rings. The number of thioether (sulfide) groups is 1. The summed E-state index contributed by atoms with van der Waals surface area (Å²) >= 11 is 1.28. The van der Waals surface area contributed by atoms with Crippen LogP contribution in [0.25, 0.3) is 17.1 Å². The molecule has 0 aliphatic rings. The lowest BCUT2D eigenvalue weighted by atomic mass is 10.2. The summed E-state index contributed by atoms with van der Waals surface area (Å²) in [5.41, 5.74) is 2.72. The number of methoxy groups -OCH3 is 2. The number of nitrogens with one attached hydrogen (secondary N) is 1. The van der Waals surface area contributed by atoms with Gasteiger partial charge in [0.2, 0.25) is 5.91 Å². The monoisotopic (exact) mass is 474 g/mol.